The van der Waals surface area contributed by atoms with Crippen molar-refractivity contribution in [3.63, 3.8) is 0 Å². The lowest BCUT2D eigenvalue weighted by molar-refractivity contribution is -0.148. The topological polar surface area (TPSA) is 38.3 Å². The van der Waals surface area contributed by atoms with E-state index < -0.39 is 0 Å². The highest BCUT2D eigenvalue weighted by atomic mass is 16.5. The lowest BCUT2D eigenvalue weighted by atomic mass is 10.0. The molecular weight excluding hydrogens is 286 g/mol. The minimum absolute atomic E-state index is 0.182. The van der Waals surface area contributed by atoms with Gasteiger partial charge in [0.1, 0.15) is 12.6 Å². The van der Waals surface area contributed by atoms with Gasteiger partial charge < -0.3 is 10.1 Å². The fourth-order valence-corrected chi connectivity index (χ4v) is 2.40. The summed E-state index contributed by atoms with van der Waals surface area (Å²) in [6.07, 6.45) is 0.764. The van der Waals surface area contributed by atoms with Crippen LogP contribution in [-0.2, 0) is 22.7 Å². The van der Waals surface area contributed by atoms with E-state index in [9.17, 15) is 4.79 Å². The van der Waals surface area contributed by atoms with Crippen molar-refractivity contribution in [3.8, 4) is 0 Å². The van der Waals surface area contributed by atoms with Crippen LogP contribution in [0.1, 0.15) is 31.4 Å². The SMILES string of the molecule is CC(C)CC(NCc1ccccc1)C(=O)OCc1ccccc1. The Morgan fingerprint density at radius 2 is 1.52 bits per heavy atom. The fourth-order valence-electron chi connectivity index (χ4n) is 2.40. The molecule has 23 heavy (non-hydrogen) atoms. The third kappa shape index (κ3) is 6.25. The molecule has 0 aliphatic carbocycles. The summed E-state index contributed by atoms with van der Waals surface area (Å²) < 4.78 is 5.48. The van der Waals surface area contributed by atoms with Crippen molar-refractivity contribution in [2.75, 3.05) is 0 Å². The van der Waals surface area contributed by atoms with E-state index in [4.69, 9.17) is 4.74 Å². The molecule has 0 fully saturated rings. The van der Waals surface area contributed by atoms with Gasteiger partial charge in [-0.3, -0.25) is 4.79 Å². The van der Waals surface area contributed by atoms with E-state index in [2.05, 4.69) is 31.3 Å². The Morgan fingerprint density at radius 1 is 0.957 bits per heavy atom. The largest absolute Gasteiger partial charge is 0.460 e. The lowest BCUT2D eigenvalue weighted by Gasteiger charge is -2.19. The van der Waals surface area contributed by atoms with Crippen LogP contribution < -0.4 is 5.32 Å². The molecule has 0 aromatic heterocycles. The Kier molecular flexibility index (Phi) is 6.82. The average Bonchev–Trinajstić information content (AvgIpc) is 2.58. The van der Waals surface area contributed by atoms with Crippen molar-refractivity contribution in [3.05, 3.63) is 71.8 Å². The van der Waals surface area contributed by atoms with Gasteiger partial charge >= 0.3 is 5.97 Å². The van der Waals surface area contributed by atoms with E-state index in [0.717, 1.165) is 17.5 Å². The van der Waals surface area contributed by atoms with Crippen LogP contribution in [0.4, 0.5) is 0 Å². The zero-order valence-electron chi connectivity index (χ0n) is 13.9. The Morgan fingerprint density at radius 3 is 2.09 bits per heavy atom. The lowest BCUT2D eigenvalue weighted by Crippen LogP contribution is -2.38. The van der Waals surface area contributed by atoms with Crippen LogP contribution in [0, 0.1) is 5.92 Å². The molecule has 0 heterocycles. The molecule has 0 radical (unpaired) electrons. The Hall–Kier alpha value is -2.13. The molecule has 3 heteroatoms. The fraction of sp³-hybridized carbons (Fsp3) is 0.350. The number of nitrogens with one attached hydrogen (secondary N) is 1. The molecule has 2 rings (SSSR count). The van der Waals surface area contributed by atoms with Gasteiger partial charge in [0.15, 0.2) is 0 Å². The van der Waals surface area contributed by atoms with E-state index in [1.165, 1.54) is 0 Å². The summed E-state index contributed by atoms with van der Waals surface area (Å²) in [6.45, 7) is 5.21. The van der Waals surface area contributed by atoms with Gasteiger partial charge in [-0.2, -0.15) is 0 Å². The monoisotopic (exact) mass is 311 g/mol. The minimum Gasteiger partial charge on any atom is -0.460 e. The van der Waals surface area contributed by atoms with Crippen LogP contribution in [0.25, 0.3) is 0 Å². The Labute approximate surface area is 138 Å². The first-order valence-corrected chi connectivity index (χ1v) is 8.13. The predicted octanol–water partition coefficient (Wildman–Crippen LogP) is 3.93. The van der Waals surface area contributed by atoms with E-state index in [1.807, 2.05) is 48.5 Å². The number of benzene rings is 2. The summed E-state index contributed by atoms with van der Waals surface area (Å²) in [5, 5.41) is 3.33. The number of hydrogen-bond acceptors (Lipinski definition) is 3. The van der Waals surface area contributed by atoms with Gasteiger partial charge in [-0.1, -0.05) is 74.5 Å². The molecule has 0 bridgehead atoms. The zero-order valence-corrected chi connectivity index (χ0v) is 13.9. The quantitative estimate of drug-likeness (QED) is 0.751. The molecule has 2 aromatic carbocycles. The van der Waals surface area contributed by atoms with E-state index in [1.54, 1.807) is 0 Å². The van der Waals surface area contributed by atoms with Gasteiger partial charge in [0.05, 0.1) is 0 Å². The number of carbonyl (C=O) groups excluding carboxylic acids is 1. The van der Waals surface area contributed by atoms with Crippen molar-refractivity contribution in [1.82, 2.24) is 5.32 Å². The molecule has 0 spiro atoms. The second-order valence-electron chi connectivity index (χ2n) is 6.14. The van der Waals surface area contributed by atoms with Crippen LogP contribution in [0.5, 0.6) is 0 Å². The Balaban J connectivity index is 1.89. The summed E-state index contributed by atoms with van der Waals surface area (Å²) in [4.78, 5) is 12.4. The third-order valence-electron chi connectivity index (χ3n) is 3.61. The molecular formula is C20H25NO2. The zero-order chi connectivity index (χ0) is 16.5. The number of rotatable bonds is 8. The van der Waals surface area contributed by atoms with Gasteiger partial charge in [-0.15, -0.1) is 0 Å². The van der Waals surface area contributed by atoms with Crippen molar-refractivity contribution in [2.45, 2.75) is 39.5 Å². The van der Waals surface area contributed by atoms with Crippen LogP contribution >= 0.6 is 0 Å². The number of ether oxygens (including phenoxy) is 1. The molecule has 1 unspecified atom stereocenters. The van der Waals surface area contributed by atoms with Crippen LogP contribution in [0.3, 0.4) is 0 Å². The molecule has 2 aromatic rings. The van der Waals surface area contributed by atoms with Gasteiger partial charge in [0.25, 0.3) is 0 Å². The molecule has 3 nitrogen and oxygen atoms in total. The molecule has 0 saturated heterocycles. The van der Waals surface area contributed by atoms with Crippen LogP contribution in [0.15, 0.2) is 60.7 Å². The smallest absolute Gasteiger partial charge is 0.323 e. The normalized spacial score (nSPS) is 12.1. The third-order valence-corrected chi connectivity index (χ3v) is 3.61. The van der Waals surface area contributed by atoms with Crippen LogP contribution in [-0.4, -0.2) is 12.0 Å². The molecule has 1 N–H and O–H groups in total. The summed E-state index contributed by atoms with van der Waals surface area (Å²) in [6, 6.07) is 19.6. The molecule has 122 valence electrons. The van der Waals surface area contributed by atoms with Gasteiger partial charge in [0, 0.05) is 6.54 Å². The number of esters is 1. The van der Waals surface area contributed by atoms with Gasteiger partial charge in [-0.05, 0) is 23.5 Å². The van der Waals surface area contributed by atoms with E-state index in [0.29, 0.717) is 19.1 Å². The Bertz CT molecular complexity index is 581. The first-order chi connectivity index (χ1) is 11.1. The minimum atomic E-state index is -0.279. The second kappa shape index (κ2) is 9.11. The summed E-state index contributed by atoms with van der Waals surface area (Å²) in [5.74, 6) is 0.242. The van der Waals surface area contributed by atoms with Gasteiger partial charge in [0.2, 0.25) is 0 Å². The van der Waals surface area contributed by atoms with Crippen molar-refractivity contribution < 1.29 is 9.53 Å². The molecule has 0 aliphatic rings. The first kappa shape index (κ1) is 17.2. The van der Waals surface area contributed by atoms with Crippen molar-refractivity contribution in [2.24, 2.45) is 5.92 Å². The van der Waals surface area contributed by atoms with Crippen LogP contribution in [0.2, 0.25) is 0 Å². The second-order valence-corrected chi connectivity index (χ2v) is 6.14. The van der Waals surface area contributed by atoms with Crippen molar-refractivity contribution >= 4 is 5.97 Å². The summed E-state index contributed by atoms with van der Waals surface area (Å²) in [7, 11) is 0. The summed E-state index contributed by atoms with van der Waals surface area (Å²) >= 11 is 0. The molecule has 1 atom stereocenters. The molecule has 0 amide bonds. The maximum atomic E-state index is 12.4. The van der Waals surface area contributed by atoms with E-state index >= 15 is 0 Å². The van der Waals surface area contributed by atoms with Gasteiger partial charge in [-0.25, -0.2) is 0 Å². The van der Waals surface area contributed by atoms with Crippen molar-refractivity contribution in [1.29, 1.82) is 0 Å². The maximum absolute atomic E-state index is 12.4. The standard InChI is InChI=1S/C20H25NO2/c1-16(2)13-19(21-14-17-9-5-3-6-10-17)20(22)23-15-18-11-7-4-8-12-18/h3-12,16,19,21H,13-15H2,1-2H3. The highest BCUT2D eigenvalue weighted by molar-refractivity contribution is 5.75. The highest BCUT2D eigenvalue weighted by Gasteiger charge is 2.20. The summed E-state index contributed by atoms with van der Waals surface area (Å²) in [5.41, 5.74) is 2.17. The number of carbonyl (C=O) groups is 1. The predicted molar refractivity (Wildman–Crippen MR) is 92.8 cm³/mol. The molecule has 0 saturated carbocycles. The first-order valence-electron chi connectivity index (χ1n) is 8.13. The highest BCUT2D eigenvalue weighted by Crippen LogP contribution is 2.10. The molecule has 0 aliphatic heterocycles. The average molecular weight is 311 g/mol. The maximum Gasteiger partial charge on any atom is 0.323 e. The van der Waals surface area contributed by atoms with E-state index in [-0.39, 0.29) is 12.0 Å². The number of hydrogen-bond donors (Lipinski definition) is 1.